The second kappa shape index (κ2) is 9.43. The van der Waals surface area contributed by atoms with E-state index in [0.29, 0.717) is 5.56 Å². The molecule has 3 aromatic rings. The Hall–Kier alpha value is -2.52. The van der Waals surface area contributed by atoms with Gasteiger partial charge in [-0.25, -0.2) is 0 Å². The van der Waals surface area contributed by atoms with Crippen LogP contribution < -0.4 is 0 Å². The molecule has 0 aliphatic carbocycles. The molecule has 0 N–H and O–H groups in total. The van der Waals surface area contributed by atoms with E-state index in [1.165, 1.54) is 0 Å². The lowest BCUT2D eigenvalue weighted by atomic mass is 10.2. The predicted molar refractivity (Wildman–Crippen MR) is 106 cm³/mol. The van der Waals surface area contributed by atoms with Gasteiger partial charge in [0.2, 0.25) is 0 Å². The van der Waals surface area contributed by atoms with Gasteiger partial charge in [0, 0.05) is 5.56 Å². The lowest BCUT2D eigenvalue weighted by molar-refractivity contribution is 0.100. The van der Waals surface area contributed by atoms with E-state index in [9.17, 15) is 9.36 Å². The van der Waals surface area contributed by atoms with E-state index >= 15 is 0 Å². The first-order valence-electron chi connectivity index (χ1n) is 8.69. The van der Waals surface area contributed by atoms with Gasteiger partial charge in [0.05, 0.1) is 13.2 Å². The Kier molecular flexibility index (Phi) is 6.72. The Morgan fingerprint density at radius 3 is 1.52 bits per heavy atom. The van der Waals surface area contributed by atoms with E-state index in [2.05, 4.69) is 0 Å². The maximum absolute atomic E-state index is 13.3. The Bertz CT molecular complexity index is 848. The molecule has 0 saturated carbocycles. The lowest BCUT2D eigenvalue weighted by Gasteiger charge is -2.18. The molecule has 0 fully saturated rings. The zero-order valence-corrected chi connectivity index (χ0v) is 15.8. The van der Waals surface area contributed by atoms with Crippen molar-refractivity contribution in [3.05, 3.63) is 108 Å². The molecule has 0 saturated heterocycles. The number of hydrogen-bond acceptors (Lipinski definition) is 4. The van der Waals surface area contributed by atoms with Gasteiger partial charge in [0.25, 0.3) is 0 Å². The maximum Gasteiger partial charge on any atom is 0.339 e. The molecule has 0 aromatic heterocycles. The minimum atomic E-state index is -3.62. The summed E-state index contributed by atoms with van der Waals surface area (Å²) in [6.45, 7) is 0.240. The van der Waals surface area contributed by atoms with E-state index < -0.39 is 7.60 Å². The zero-order valence-electron chi connectivity index (χ0n) is 14.9. The summed E-state index contributed by atoms with van der Waals surface area (Å²) in [6.07, 6.45) is -0.295. The number of ketones is 1. The zero-order chi connectivity index (χ0) is 19.0. The Morgan fingerprint density at radius 1 is 0.667 bits per heavy atom. The number of carbonyl (C=O) groups excluding carboxylic acids is 1. The summed E-state index contributed by atoms with van der Waals surface area (Å²) in [4.78, 5) is 12.6. The minimum Gasteiger partial charge on any atom is -0.303 e. The van der Waals surface area contributed by atoms with Crippen molar-refractivity contribution in [2.45, 2.75) is 13.2 Å². The monoisotopic (exact) mass is 380 g/mol. The Labute approximate surface area is 159 Å². The summed E-state index contributed by atoms with van der Waals surface area (Å²) in [5, 5.41) is 0. The first-order valence-corrected chi connectivity index (χ1v) is 10.4. The SMILES string of the molecule is O=C(CP(=O)(OCc1ccccc1)OCc1ccccc1)c1ccccc1. The normalized spacial score (nSPS) is 11.3. The van der Waals surface area contributed by atoms with Crippen LogP contribution in [0.4, 0.5) is 0 Å². The van der Waals surface area contributed by atoms with Crippen LogP contribution in [-0.2, 0) is 26.8 Å². The molecule has 0 amide bonds. The van der Waals surface area contributed by atoms with Crippen molar-refractivity contribution in [3.63, 3.8) is 0 Å². The lowest BCUT2D eigenvalue weighted by Crippen LogP contribution is -2.10. The smallest absolute Gasteiger partial charge is 0.303 e. The van der Waals surface area contributed by atoms with E-state index in [1.54, 1.807) is 24.3 Å². The third-order valence-corrected chi connectivity index (χ3v) is 5.69. The van der Waals surface area contributed by atoms with Gasteiger partial charge in [-0.3, -0.25) is 9.36 Å². The van der Waals surface area contributed by atoms with Crippen LogP contribution in [0.15, 0.2) is 91.0 Å². The topological polar surface area (TPSA) is 52.6 Å². The van der Waals surface area contributed by atoms with Crippen LogP contribution in [0.1, 0.15) is 21.5 Å². The van der Waals surface area contributed by atoms with E-state index in [0.717, 1.165) is 11.1 Å². The van der Waals surface area contributed by atoms with E-state index in [4.69, 9.17) is 9.05 Å². The first-order chi connectivity index (χ1) is 13.1. The third-order valence-electron chi connectivity index (χ3n) is 3.97. The highest BCUT2D eigenvalue weighted by atomic mass is 31.2. The molecule has 0 radical (unpaired) electrons. The molecule has 0 aliphatic rings. The van der Waals surface area contributed by atoms with Crippen molar-refractivity contribution in [2.24, 2.45) is 0 Å². The highest BCUT2D eigenvalue weighted by Crippen LogP contribution is 2.50. The summed E-state index contributed by atoms with van der Waals surface area (Å²) < 4.78 is 24.6. The fourth-order valence-electron chi connectivity index (χ4n) is 2.51. The van der Waals surface area contributed by atoms with E-state index in [1.807, 2.05) is 66.7 Å². The number of carbonyl (C=O) groups is 1. The van der Waals surface area contributed by atoms with Crippen LogP contribution in [0.5, 0.6) is 0 Å². The van der Waals surface area contributed by atoms with Gasteiger partial charge in [0.15, 0.2) is 5.78 Å². The van der Waals surface area contributed by atoms with Gasteiger partial charge in [-0.05, 0) is 11.1 Å². The molecule has 0 spiro atoms. The molecule has 0 atom stereocenters. The number of hydrogen-bond donors (Lipinski definition) is 0. The average Bonchev–Trinajstić information content (AvgIpc) is 2.73. The van der Waals surface area contributed by atoms with Crippen molar-refractivity contribution in [1.82, 2.24) is 0 Å². The summed E-state index contributed by atoms with van der Waals surface area (Å²) in [5.41, 5.74) is 2.23. The largest absolute Gasteiger partial charge is 0.339 e. The number of rotatable bonds is 9. The van der Waals surface area contributed by atoms with Gasteiger partial charge < -0.3 is 9.05 Å². The van der Waals surface area contributed by atoms with Gasteiger partial charge in [-0.1, -0.05) is 91.0 Å². The molecule has 5 heteroatoms. The van der Waals surface area contributed by atoms with Crippen molar-refractivity contribution >= 4 is 13.4 Å². The molecule has 138 valence electrons. The Balaban J connectivity index is 1.72. The predicted octanol–water partition coefficient (Wildman–Crippen LogP) is 5.50. The quantitative estimate of drug-likeness (QED) is 0.364. The standard InChI is InChI=1S/C22H21O4P/c23-22(21-14-8-3-9-15-21)18-27(24,25-16-19-10-4-1-5-11-19)26-17-20-12-6-2-7-13-20/h1-15H,16-18H2. The number of benzene rings is 3. The number of Topliss-reactive ketones (excluding diaryl/α,β-unsaturated/α-hetero) is 1. The van der Waals surface area contributed by atoms with Crippen LogP contribution in [0.25, 0.3) is 0 Å². The van der Waals surface area contributed by atoms with Gasteiger partial charge >= 0.3 is 7.60 Å². The van der Waals surface area contributed by atoms with Gasteiger partial charge in [0.1, 0.15) is 6.16 Å². The summed E-state index contributed by atoms with van der Waals surface area (Å²) in [7, 11) is -3.62. The van der Waals surface area contributed by atoms with Crippen LogP contribution in [-0.4, -0.2) is 11.9 Å². The van der Waals surface area contributed by atoms with Crippen molar-refractivity contribution in [3.8, 4) is 0 Å². The fourth-order valence-corrected chi connectivity index (χ4v) is 4.00. The molecule has 0 heterocycles. The second-order valence-corrected chi connectivity index (χ2v) is 8.13. The molecule has 27 heavy (non-hydrogen) atoms. The van der Waals surface area contributed by atoms with Crippen molar-refractivity contribution < 1.29 is 18.4 Å². The minimum absolute atomic E-state index is 0.120. The third kappa shape index (κ3) is 6.00. The maximum atomic E-state index is 13.3. The average molecular weight is 380 g/mol. The van der Waals surface area contributed by atoms with Crippen LogP contribution in [0.3, 0.4) is 0 Å². The van der Waals surface area contributed by atoms with E-state index in [-0.39, 0.29) is 25.2 Å². The molecule has 0 aliphatic heterocycles. The molecule has 3 aromatic carbocycles. The fraction of sp³-hybridized carbons (Fsp3) is 0.136. The summed E-state index contributed by atoms with van der Waals surface area (Å²) in [6, 6.07) is 27.6. The Morgan fingerprint density at radius 2 is 1.07 bits per heavy atom. The summed E-state index contributed by atoms with van der Waals surface area (Å²) in [5.74, 6) is -0.264. The van der Waals surface area contributed by atoms with Crippen LogP contribution in [0, 0.1) is 0 Å². The highest BCUT2D eigenvalue weighted by Gasteiger charge is 2.29. The van der Waals surface area contributed by atoms with Crippen LogP contribution >= 0.6 is 7.60 Å². The van der Waals surface area contributed by atoms with Gasteiger partial charge in [-0.2, -0.15) is 0 Å². The second-order valence-electron chi connectivity index (χ2n) is 6.08. The molecule has 3 rings (SSSR count). The van der Waals surface area contributed by atoms with Crippen molar-refractivity contribution in [2.75, 3.05) is 6.16 Å². The highest BCUT2D eigenvalue weighted by molar-refractivity contribution is 7.54. The molecular formula is C22H21O4P. The molecule has 0 unspecified atom stereocenters. The van der Waals surface area contributed by atoms with Gasteiger partial charge in [-0.15, -0.1) is 0 Å². The first kappa shape index (κ1) is 19.2. The molecule has 0 bridgehead atoms. The van der Waals surface area contributed by atoms with Crippen LogP contribution in [0.2, 0.25) is 0 Å². The van der Waals surface area contributed by atoms with Crippen molar-refractivity contribution in [1.29, 1.82) is 0 Å². The molecular weight excluding hydrogens is 359 g/mol. The summed E-state index contributed by atoms with van der Waals surface area (Å²) >= 11 is 0. The molecule has 4 nitrogen and oxygen atoms in total.